The molecule has 1 aromatic heterocycles. The van der Waals surface area contributed by atoms with E-state index in [1.807, 2.05) is 19.1 Å². The van der Waals surface area contributed by atoms with Crippen molar-refractivity contribution in [3.63, 3.8) is 0 Å². The first-order valence-corrected chi connectivity index (χ1v) is 5.59. The van der Waals surface area contributed by atoms with Crippen LogP contribution < -0.4 is 5.32 Å². The zero-order chi connectivity index (χ0) is 12.3. The van der Waals surface area contributed by atoms with Gasteiger partial charge in [0.2, 0.25) is 0 Å². The van der Waals surface area contributed by atoms with Crippen molar-refractivity contribution in [2.75, 3.05) is 6.54 Å². The minimum atomic E-state index is -2.43. The third-order valence-corrected chi connectivity index (χ3v) is 2.69. The molecule has 1 unspecified atom stereocenters. The minimum absolute atomic E-state index is 0.506. The Labute approximate surface area is 98.7 Å². The molecule has 90 valence electrons. The van der Waals surface area contributed by atoms with Crippen molar-refractivity contribution in [3.8, 4) is 0 Å². The number of nitrogens with zero attached hydrogens (tertiary/aromatic N) is 1. The van der Waals surface area contributed by atoms with Crippen LogP contribution in [0.3, 0.4) is 0 Å². The zero-order valence-electron chi connectivity index (χ0n) is 9.53. The number of nitrogens with one attached hydrogen (secondary N) is 1. The lowest BCUT2D eigenvalue weighted by atomic mass is 10.0. The van der Waals surface area contributed by atoms with E-state index >= 15 is 0 Å². The summed E-state index contributed by atoms with van der Waals surface area (Å²) in [5.74, 6) is 0. The molecular formula is C13H14F2N2. The fourth-order valence-corrected chi connectivity index (χ4v) is 1.95. The van der Waals surface area contributed by atoms with Gasteiger partial charge < -0.3 is 5.32 Å². The molecular weight excluding hydrogens is 222 g/mol. The molecule has 2 rings (SSSR count). The van der Waals surface area contributed by atoms with Gasteiger partial charge in [0.25, 0.3) is 6.43 Å². The highest BCUT2D eigenvalue weighted by molar-refractivity contribution is 5.82. The molecule has 0 aliphatic heterocycles. The quantitative estimate of drug-likeness (QED) is 0.882. The summed E-state index contributed by atoms with van der Waals surface area (Å²) in [4.78, 5) is 4.17. The van der Waals surface area contributed by atoms with Crippen molar-refractivity contribution in [2.45, 2.75) is 19.4 Å². The molecule has 1 aromatic carbocycles. The second-order valence-corrected chi connectivity index (χ2v) is 3.79. The summed E-state index contributed by atoms with van der Waals surface area (Å²) in [5.41, 5.74) is 1.35. The Kier molecular flexibility index (Phi) is 3.64. The van der Waals surface area contributed by atoms with Crippen molar-refractivity contribution in [3.05, 3.63) is 42.1 Å². The zero-order valence-corrected chi connectivity index (χ0v) is 9.53. The van der Waals surface area contributed by atoms with Gasteiger partial charge in [-0.25, -0.2) is 8.78 Å². The molecule has 0 spiro atoms. The van der Waals surface area contributed by atoms with Gasteiger partial charge in [0, 0.05) is 11.6 Å². The maximum atomic E-state index is 13.0. The number of benzene rings is 1. The Hall–Kier alpha value is -1.55. The maximum Gasteiger partial charge on any atom is 0.257 e. The highest BCUT2D eigenvalue weighted by atomic mass is 19.3. The van der Waals surface area contributed by atoms with E-state index < -0.39 is 12.5 Å². The Bertz CT molecular complexity index is 494. The molecule has 0 fully saturated rings. The predicted molar refractivity (Wildman–Crippen MR) is 64.2 cm³/mol. The van der Waals surface area contributed by atoms with E-state index in [4.69, 9.17) is 0 Å². The molecule has 4 heteroatoms. The molecule has 0 bridgehead atoms. The summed E-state index contributed by atoms with van der Waals surface area (Å²) in [6.45, 7) is 2.32. The van der Waals surface area contributed by atoms with Crippen LogP contribution in [0.2, 0.25) is 0 Å². The normalized spacial score (nSPS) is 13.2. The van der Waals surface area contributed by atoms with Crippen LogP contribution in [0.4, 0.5) is 8.78 Å². The number of fused-ring (bicyclic) bond motifs is 1. The molecule has 0 amide bonds. The van der Waals surface area contributed by atoms with E-state index in [1.54, 1.807) is 24.4 Å². The van der Waals surface area contributed by atoms with Crippen molar-refractivity contribution in [2.24, 2.45) is 0 Å². The Morgan fingerprint density at radius 3 is 2.76 bits per heavy atom. The largest absolute Gasteiger partial charge is 0.305 e. The second kappa shape index (κ2) is 5.19. The van der Waals surface area contributed by atoms with E-state index in [0.717, 1.165) is 10.9 Å². The van der Waals surface area contributed by atoms with E-state index in [1.165, 1.54) is 0 Å². The molecule has 17 heavy (non-hydrogen) atoms. The van der Waals surface area contributed by atoms with Gasteiger partial charge in [-0.3, -0.25) is 4.98 Å². The predicted octanol–water partition coefficient (Wildman–Crippen LogP) is 3.15. The molecule has 0 radical (unpaired) electrons. The van der Waals surface area contributed by atoms with Gasteiger partial charge >= 0.3 is 0 Å². The van der Waals surface area contributed by atoms with Crippen LogP contribution in [0, 0.1) is 0 Å². The first-order chi connectivity index (χ1) is 8.24. The van der Waals surface area contributed by atoms with Gasteiger partial charge in [0.1, 0.15) is 0 Å². The number of halogens is 2. The first-order valence-electron chi connectivity index (χ1n) is 5.59. The first kappa shape index (κ1) is 11.9. The molecule has 1 N–H and O–H groups in total. The SMILES string of the molecule is CCNC(c1cccc2ncccc12)C(F)F. The number of hydrogen-bond donors (Lipinski definition) is 1. The fraction of sp³-hybridized carbons (Fsp3) is 0.308. The average molecular weight is 236 g/mol. The Balaban J connectivity index is 2.52. The lowest BCUT2D eigenvalue weighted by molar-refractivity contribution is 0.0999. The van der Waals surface area contributed by atoms with Gasteiger partial charge in [-0.1, -0.05) is 25.1 Å². The highest BCUT2D eigenvalue weighted by Crippen LogP contribution is 2.27. The second-order valence-electron chi connectivity index (χ2n) is 3.79. The summed E-state index contributed by atoms with van der Waals surface area (Å²) in [6.07, 6.45) is -0.766. The third-order valence-electron chi connectivity index (χ3n) is 2.69. The van der Waals surface area contributed by atoms with E-state index in [2.05, 4.69) is 10.3 Å². The van der Waals surface area contributed by atoms with Crippen LogP contribution in [-0.2, 0) is 0 Å². The van der Waals surface area contributed by atoms with Gasteiger partial charge in [-0.05, 0) is 24.2 Å². The lowest BCUT2D eigenvalue weighted by Crippen LogP contribution is -2.27. The molecule has 0 aliphatic rings. The fourth-order valence-electron chi connectivity index (χ4n) is 1.95. The monoisotopic (exact) mass is 236 g/mol. The van der Waals surface area contributed by atoms with E-state index in [9.17, 15) is 8.78 Å². The van der Waals surface area contributed by atoms with Crippen LogP contribution in [0.15, 0.2) is 36.5 Å². The van der Waals surface area contributed by atoms with Gasteiger partial charge in [0.05, 0.1) is 11.6 Å². The van der Waals surface area contributed by atoms with Crippen molar-refractivity contribution < 1.29 is 8.78 Å². The summed E-state index contributed by atoms with van der Waals surface area (Å²) in [5, 5.41) is 3.59. The van der Waals surface area contributed by atoms with Crippen LogP contribution in [-0.4, -0.2) is 18.0 Å². The minimum Gasteiger partial charge on any atom is -0.305 e. The molecule has 0 saturated heterocycles. The average Bonchev–Trinajstić information content (AvgIpc) is 2.35. The number of pyridine rings is 1. The third kappa shape index (κ3) is 2.42. The Morgan fingerprint density at radius 1 is 1.24 bits per heavy atom. The van der Waals surface area contributed by atoms with Crippen molar-refractivity contribution >= 4 is 10.9 Å². The van der Waals surface area contributed by atoms with E-state index in [0.29, 0.717) is 12.1 Å². The van der Waals surface area contributed by atoms with E-state index in [-0.39, 0.29) is 0 Å². The summed E-state index contributed by atoms with van der Waals surface area (Å²) >= 11 is 0. The summed E-state index contributed by atoms with van der Waals surface area (Å²) in [7, 11) is 0. The maximum absolute atomic E-state index is 13.0. The number of aromatic nitrogens is 1. The van der Waals surface area contributed by atoms with Crippen LogP contribution in [0.25, 0.3) is 10.9 Å². The van der Waals surface area contributed by atoms with Crippen LogP contribution >= 0.6 is 0 Å². The van der Waals surface area contributed by atoms with Gasteiger partial charge in [0.15, 0.2) is 0 Å². The van der Waals surface area contributed by atoms with Crippen LogP contribution in [0.5, 0.6) is 0 Å². The molecule has 0 aliphatic carbocycles. The standard InChI is InChI=1S/C13H14F2N2/c1-2-16-12(13(14)15)10-5-3-7-11-9(10)6-4-8-17-11/h3-8,12-13,16H,2H2,1H3. The van der Waals surface area contributed by atoms with Gasteiger partial charge in [-0.15, -0.1) is 0 Å². The molecule has 1 atom stereocenters. The highest BCUT2D eigenvalue weighted by Gasteiger charge is 2.22. The summed E-state index contributed by atoms with van der Waals surface area (Å²) < 4.78 is 26.0. The lowest BCUT2D eigenvalue weighted by Gasteiger charge is -2.18. The van der Waals surface area contributed by atoms with Crippen LogP contribution in [0.1, 0.15) is 18.5 Å². The Morgan fingerprint density at radius 2 is 2.06 bits per heavy atom. The molecule has 2 aromatic rings. The molecule has 2 nitrogen and oxygen atoms in total. The smallest absolute Gasteiger partial charge is 0.257 e. The van der Waals surface area contributed by atoms with Crippen molar-refractivity contribution in [1.29, 1.82) is 0 Å². The molecule has 0 saturated carbocycles. The number of hydrogen-bond acceptors (Lipinski definition) is 2. The number of rotatable bonds is 4. The topological polar surface area (TPSA) is 24.9 Å². The number of alkyl halides is 2. The summed E-state index contributed by atoms with van der Waals surface area (Å²) in [6, 6.07) is 7.96. The van der Waals surface area contributed by atoms with Crippen molar-refractivity contribution in [1.82, 2.24) is 10.3 Å². The van der Waals surface area contributed by atoms with Gasteiger partial charge in [-0.2, -0.15) is 0 Å². The molecule has 1 heterocycles.